The first-order chi connectivity index (χ1) is 19.3. The van der Waals surface area contributed by atoms with Crippen LogP contribution in [0.4, 0.5) is 29.1 Å². The van der Waals surface area contributed by atoms with Gasteiger partial charge in [-0.2, -0.15) is 4.98 Å². The van der Waals surface area contributed by atoms with E-state index in [9.17, 15) is 9.59 Å². The van der Waals surface area contributed by atoms with Gasteiger partial charge in [-0.05, 0) is 50.5 Å². The summed E-state index contributed by atoms with van der Waals surface area (Å²) in [7, 11) is 5.75. The molecule has 1 aromatic carbocycles. The molecule has 0 atom stereocenters. The molecule has 0 spiro atoms. The number of carbonyl (C=O) groups excluding carboxylic acids is 2. The van der Waals surface area contributed by atoms with Crippen LogP contribution in [0.15, 0.2) is 61.4 Å². The Morgan fingerprint density at radius 2 is 2.02 bits per heavy atom. The maximum atomic E-state index is 12.9. The number of hydrogen-bond acceptors (Lipinski definition) is 9. The van der Waals surface area contributed by atoms with E-state index in [-0.39, 0.29) is 36.3 Å². The van der Waals surface area contributed by atoms with Gasteiger partial charge in [0.2, 0.25) is 5.95 Å². The number of benzene rings is 1. The fourth-order valence-corrected chi connectivity index (χ4v) is 4.21. The van der Waals surface area contributed by atoms with E-state index >= 15 is 0 Å². The van der Waals surface area contributed by atoms with Crippen molar-refractivity contribution in [1.29, 1.82) is 0 Å². The first-order valence-electron chi connectivity index (χ1n) is 12.8. The molecule has 206 valence electrons. The van der Waals surface area contributed by atoms with Crippen LogP contribution in [0.1, 0.15) is 10.4 Å². The quantitative estimate of drug-likeness (QED) is 0.259. The molecule has 1 aliphatic rings. The Balaban J connectivity index is 1.42. The molecule has 0 saturated carbocycles. The minimum Gasteiger partial charge on any atom is -0.480 e. The van der Waals surface area contributed by atoms with Crippen molar-refractivity contribution in [3.8, 4) is 5.75 Å². The van der Waals surface area contributed by atoms with E-state index in [0.29, 0.717) is 23.3 Å². The molecule has 5 rings (SSSR count). The van der Waals surface area contributed by atoms with Crippen LogP contribution < -0.4 is 25.6 Å². The number of carbonyl (C=O) groups is 2. The number of ether oxygens (including phenoxy) is 1. The molecule has 4 aromatic rings. The lowest BCUT2D eigenvalue weighted by molar-refractivity contribution is -0.121. The van der Waals surface area contributed by atoms with Crippen molar-refractivity contribution in [2.75, 3.05) is 56.4 Å². The van der Waals surface area contributed by atoms with Gasteiger partial charge in [0.05, 0.1) is 0 Å². The van der Waals surface area contributed by atoms with Crippen molar-refractivity contribution in [2.24, 2.45) is 0 Å². The molecule has 1 aliphatic heterocycles. The number of pyridine rings is 1. The Labute approximate surface area is 231 Å². The second-order valence-electron chi connectivity index (χ2n) is 9.55. The molecule has 0 aliphatic carbocycles. The van der Waals surface area contributed by atoms with Gasteiger partial charge >= 0.3 is 0 Å². The normalized spacial score (nSPS) is 12.7. The summed E-state index contributed by atoms with van der Waals surface area (Å²) in [5.41, 5.74) is 2.16. The summed E-state index contributed by atoms with van der Waals surface area (Å²) >= 11 is 0. The van der Waals surface area contributed by atoms with E-state index in [1.54, 1.807) is 25.3 Å². The maximum absolute atomic E-state index is 12.9. The number of amides is 2. The predicted molar refractivity (Wildman–Crippen MR) is 155 cm³/mol. The molecular weight excluding hydrogens is 510 g/mol. The van der Waals surface area contributed by atoms with Gasteiger partial charge in [0.25, 0.3) is 11.8 Å². The summed E-state index contributed by atoms with van der Waals surface area (Å²) in [4.78, 5) is 42.0. The fourth-order valence-electron chi connectivity index (χ4n) is 4.21. The first-order valence-corrected chi connectivity index (χ1v) is 12.8. The third-order valence-electron chi connectivity index (χ3n) is 6.38. The zero-order valence-electron chi connectivity index (χ0n) is 22.6. The lowest BCUT2D eigenvalue weighted by Gasteiger charge is -2.25. The summed E-state index contributed by atoms with van der Waals surface area (Å²) in [6, 6.07) is 11.5. The summed E-state index contributed by atoms with van der Waals surface area (Å²) in [5.74, 6) is 1.20. The standard InChI is InChI=1S/C28H31N9O3/c1-5-11-29-27(39)20-16-30-28(31-19-6-7-21-18(15-19)10-12-37(21)14-13-35(2)3)34-25(20)32-23-9-8-22-26(33-23)36(4)24(38)17-40-22/h5-10,12,15-16H,1,11,13-14,17H2,2-4H3,(H,29,39)(H2,30,31,32,33,34). The zero-order chi connectivity index (χ0) is 28.2. The molecule has 40 heavy (non-hydrogen) atoms. The Bertz CT molecular complexity index is 1580. The lowest BCUT2D eigenvalue weighted by atomic mass is 10.2. The van der Waals surface area contributed by atoms with E-state index < -0.39 is 0 Å². The Morgan fingerprint density at radius 1 is 1.18 bits per heavy atom. The van der Waals surface area contributed by atoms with Crippen molar-refractivity contribution in [2.45, 2.75) is 6.54 Å². The van der Waals surface area contributed by atoms with Crippen LogP contribution in [0.2, 0.25) is 0 Å². The van der Waals surface area contributed by atoms with Crippen molar-refractivity contribution >= 4 is 51.8 Å². The summed E-state index contributed by atoms with van der Waals surface area (Å²) in [6.07, 6.45) is 5.11. The van der Waals surface area contributed by atoms with Crippen LogP contribution in [0, 0.1) is 0 Å². The van der Waals surface area contributed by atoms with E-state index in [4.69, 9.17) is 4.74 Å². The second-order valence-corrected chi connectivity index (χ2v) is 9.55. The molecule has 0 radical (unpaired) electrons. The molecule has 4 heterocycles. The van der Waals surface area contributed by atoms with E-state index in [1.165, 1.54) is 11.1 Å². The monoisotopic (exact) mass is 541 g/mol. The molecule has 3 N–H and O–H groups in total. The summed E-state index contributed by atoms with van der Waals surface area (Å²) < 4.78 is 7.68. The van der Waals surface area contributed by atoms with Gasteiger partial charge in [-0.3, -0.25) is 14.5 Å². The number of likely N-dealkylation sites (N-methyl/N-ethyl adjacent to an activating group) is 2. The van der Waals surface area contributed by atoms with Crippen LogP contribution in [-0.2, 0) is 11.3 Å². The predicted octanol–water partition coefficient (Wildman–Crippen LogP) is 3.15. The van der Waals surface area contributed by atoms with Crippen molar-refractivity contribution in [3.05, 3.63) is 67.0 Å². The minimum absolute atomic E-state index is 0.0425. The van der Waals surface area contributed by atoms with Crippen molar-refractivity contribution < 1.29 is 14.3 Å². The molecule has 2 amide bonds. The second kappa shape index (κ2) is 11.4. The van der Waals surface area contributed by atoms with Crippen molar-refractivity contribution in [3.63, 3.8) is 0 Å². The van der Waals surface area contributed by atoms with Gasteiger partial charge in [0.1, 0.15) is 17.2 Å². The third kappa shape index (κ3) is 5.71. The van der Waals surface area contributed by atoms with Gasteiger partial charge in [0.15, 0.2) is 18.2 Å². The summed E-state index contributed by atoms with van der Waals surface area (Å²) in [6.45, 7) is 5.72. The van der Waals surface area contributed by atoms with Crippen LogP contribution in [0.3, 0.4) is 0 Å². The highest BCUT2D eigenvalue weighted by Crippen LogP contribution is 2.32. The van der Waals surface area contributed by atoms with E-state index in [1.807, 2.05) is 12.1 Å². The molecule has 0 saturated heterocycles. The third-order valence-corrected chi connectivity index (χ3v) is 6.38. The molecule has 0 fully saturated rings. The highest BCUT2D eigenvalue weighted by molar-refractivity contribution is 5.99. The number of nitrogens with one attached hydrogen (secondary N) is 3. The van der Waals surface area contributed by atoms with Gasteiger partial charge in [0, 0.05) is 55.7 Å². The van der Waals surface area contributed by atoms with Crippen LogP contribution >= 0.6 is 0 Å². The number of rotatable bonds is 10. The zero-order valence-corrected chi connectivity index (χ0v) is 22.6. The molecule has 12 heteroatoms. The van der Waals surface area contributed by atoms with Gasteiger partial charge in [-0.15, -0.1) is 6.58 Å². The van der Waals surface area contributed by atoms with E-state index in [2.05, 4.69) is 79.4 Å². The Morgan fingerprint density at radius 3 is 2.83 bits per heavy atom. The first kappa shape index (κ1) is 26.6. The smallest absolute Gasteiger partial charge is 0.265 e. The van der Waals surface area contributed by atoms with Crippen LogP contribution in [0.5, 0.6) is 5.75 Å². The molecule has 0 unspecified atom stereocenters. The van der Waals surface area contributed by atoms with E-state index in [0.717, 1.165) is 29.7 Å². The number of anilines is 5. The van der Waals surface area contributed by atoms with Gasteiger partial charge < -0.3 is 30.2 Å². The number of fused-ring (bicyclic) bond motifs is 2. The minimum atomic E-state index is -0.372. The topological polar surface area (TPSA) is 130 Å². The Hall–Kier alpha value is -4.97. The highest BCUT2D eigenvalue weighted by atomic mass is 16.5. The number of nitrogens with zero attached hydrogens (tertiary/aromatic N) is 6. The van der Waals surface area contributed by atoms with Gasteiger partial charge in [-0.25, -0.2) is 9.97 Å². The summed E-state index contributed by atoms with van der Waals surface area (Å²) in [5, 5.41) is 10.2. The molecule has 0 bridgehead atoms. The van der Waals surface area contributed by atoms with Crippen LogP contribution in [-0.4, -0.2) is 77.1 Å². The average molecular weight is 542 g/mol. The van der Waals surface area contributed by atoms with Crippen LogP contribution in [0.25, 0.3) is 10.9 Å². The maximum Gasteiger partial charge on any atom is 0.265 e. The molecule has 12 nitrogen and oxygen atoms in total. The lowest BCUT2D eigenvalue weighted by Crippen LogP contribution is -2.36. The largest absolute Gasteiger partial charge is 0.480 e. The molecular formula is C28H31N9O3. The van der Waals surface area contributed by atoms with Crippen molar-refractivity contribution in [1.82, 2.24) is 29.7 Å². The number of aromatic nitrogens is 4. The molecule has 3 aromatic heterocycles. The average Bonchev–Trinajstić information content (AvgIpc) is 3.35. The fraction of sp³-hybridized carbons (Fsp3) is 0.250. The number of hydrogen-bond donors (Lipinski definition) is 3. The Kier molecular flexibility index (Phi) is 7.60. The highest BCUT2D eigenvalue weighted by Gasteiger charge is 2.24. The van der Waals surface area contributed by atoms with Gasteiger partial charge in [-0.1, -0.05) is 6.08 Å². The SMILES string of the molecule is C=CCNC(=O)c1cnc(Nc2ccc3c(ccn3CCN(C)C)c2)nc1Nc1ccc2c(n1)N(C)C(=O)CO2.